The van der Waals surface area contributed by atoms with Crippen LogP contribution in [-0.4, -0.2) is 33.4 Å². The number of ether oxygens (including phenoxy) is 2. The molecule has 1 aliphatic rings. The van der Waals surface area contributed by atoms with Crippen LogP contribution in [0.25, 0.3) is 11.0 Å². The number of aromatic nitrogens is 3. The lowest BCUT2D eigenvalue weighted by molar-refractivity contribution is 0.0951. The minimum absolute atomic E-state index is 0.195. The van der Waals surface area contributed by atoms with Crippen LogP contribution in [0, 0.1) is 13.8 Å². The SMILES string of the molecule is Cc1cc(C(=O)Nc2ccccc2C(=O)NCc2ccc3c(c2)OCO3)c2c(C)nn(C)c2n1. The number of rotatable bonds is 5. The summed E-state index contributed by atoms with van der Waals surface area (Å²) in [6, 6.07) is 14.2. The van der Waals surface area contributed by atoms with E-state index in [9.17, 15) is 9.59 Å². The fourth-order valence-corrected chi connectivity index (χ4v) is 4.06. The summed E-state index contributed by atoms with van der Waals surface area (Å²) < 4.78 is 12.4. The summed E-state index contributed by atoms with van der Waals surface area (Å²) >= 11 is 0. The molecule has 9 nitrogen and oxygen atoms in total. The fourth-order valence-electron chi connectivity index (χ4n) is 4.06. The smallest absolute Gasteiger partial charge is 0.256 e. The first-order chi connectivity index (χ1) is 16.4. The van der Waals surface area contributed by atoms with Crippen LogP contribution in [0.3, 0.4) is 0 Å². The van der Waals surface area contributed by atoms with Crippen molar-refractivity contribution in [1.29, 1.82) is 0 Å². The molecule has 2 aromatic carbocycles. The number of fused-ring (bicyclic) bond motifs is 2. The third-order valence-corrected chi connectivity index (χ3v) is 5.65. The Morgan fingerprint density at radius 2 is 1.79 bits per heavy atom. The summed E-state index contributed by atoms with van der Waals surface area (Å²) in [7, 11) is 1.79. The highest BCUT2D eigenvalue weighted by molar-refractivity contribution is 6.14. The highest BCUT2D eigenvalue weighted by atomic mass is 16.7. The first kappa shape index (κ1) is 21.4. The van der Waals surface area contributed by atoms with Crippen LogP contribution in [0.4, 0.5) is 5.69 Å². The van der Waals surface area contributed by atoms with Gasteiger partial charge in [0.15, 0.2) is 17.1 Å². The van der Waals surface area contributed by atoms with Gasteiger partial charge in [-0.2, -0.15) is 5.10 Å². The molecule has 34 heavy (non-hydrogen) atoms. The minimum Gasteiger partial charge on any atom is -0.454 e. The van der Waals surface area contributed by atoms with Crippen LogP contribution < -0.4 is 20.1 Å². The molecule has 0 aliphatic carbocycles. The number of para-hydroxylation sites is 1. The van der Waals surface area contributed by atoms with Crippen LogP contribution in [0.15, 0.2) is 48.5 Å². The molecule has 0 radical (unpaired) electrons. The van der Waals surface area contributed by atoms with Crippen LogP contribution in [0.2, 0.25) is 0 Å². The van der Waals surface area contributed by atoms with Gasteiger partial charge in [0.2, 0.25) is 6.79 Å². The number of carbonyl (C=O) groups is 2. The molecule has 9 heteroatoms. The maximum Gasteiger partial charge on any atom is 0.256 e. The molecule has 0 saturated carbocycles. The number of hydrogen-bond donors (Lipinski definition) is 2. The monoisotopic (exact) mass is 457 g/mol. The third kappa shape index (κ3) is 3.92. The van der Waals surface area contributed by atoms with Crippen molar-refractivity contribution in [3.8, 4) is 11.5 Å². The van der Waals surface area contributed by atoms with Gasteiger partial charge in [-0.05, 0) is 49.7 Å². The van der Waals surface area contributed by atoms with E-state index in [0.717, 1.165) is 5.56 Å². The third-order valence-electron chi connectivity index (χ3n) is 5.65. The first-order valence-electron chi connectivity index (χ1n) is 10.8. The van der Waals surface area contributed by atoms with Crippen molar-refractivity contribution in [3.63, 3.8) is 0 Å². The van der Waals surface area contributed by atoms with Crippen LogP contribution in [0.1, 0.15) is 37.7 Å². The second-order valence-corrected chi connectivity index (χ2v) is 8.09. The zero-order chi connectivity index (χ0) is 23.8. The van der Waals surface area contributed by atoms with E-state index in [2.05, 4.69) is 20.7 Å². The van der Waals surface area contributed by atoms with E-state index in [1.54, 1.807) is 42.1 Å². The molecule has 2 aromatic heterocycles. The quantitative estimate of drug-likeness (QED) is 0.475. The zero-order valence-corrected chi connectivity index (χ0v) is 19.0. The van der Waals surface area contributed by atoms with Gasteiger partial charge in [-0.15, -0.1) is 0 Å². The predicted molar refractivity (Wildman–Crippen MR) is 126 cm³/mol. The molecule has 5 rings (SSSR count). The number of aryl methyl sites for hydroxylation is 3. The normalized spacial score (nSPS) is 12.1. The molecule has 0 spiro atoms. The van der Waals surface area contributed by atoms with Crippen molar-refractivity contribution in [2.45, 2.75) is 20.4 Å². The lowest BCUT2D eigenvalue weighted by atomic mass is 10.1. The van der Waals surface area contributed by atoms with Crippen molar-refractivity contribution < 1.29 is 19.1 Å². The molecule has 2 amide bonds. The molecule has 2 N–H and O–H groups in total. The number of amides is 2. The average Bonchev–Trinajstić information content (AvgIpc) is 3.40. The second kappa shape index (κ2) is 8.51. The van der Waals surface area contributed by atoms with Crippen molar-refractivity contribution in [3.05, 3.63) is 76.6 Å². The summed E-state index contributed by atoms with van der Waals surface area (Å²) in [6.07, 6.45) is 0. The molecular weight excluding hydrogens is 434 g/mol. The molecule has 172 valence electrons. The Morgan fingerprint density at radius 1 is 1.00 bits per heavy atom. The van der Waals surface area contributed by atoms with Crippen LogP contribution >= 0.6 is 0 Å². The van der Waals surface area contributed by atoms with Gasteiger partial charge in [-0.3, -0.25) is 14.3 Å². The molecule has 4 aromatic rings. The highest BCUT2D eigenvalue weighted by Crippen LogP contribution is 2.32. The molecule has 0 atom stereocenters. The van der Waals surface area contributed by atoms with E-state index in [0.29, 0.717) is 57.3 Å². The fraction of sp³-hybridized carbons (Fsp3) is 0.200. The average molecular weight is 457 g/mol. The number of nitrogens with one attached hydrogen (secondary N) is 2. The van der Waals surface area contributed by atoms with Gasteiger partial charge in [-0.1, -0.05) is 18.2 Å². The van der Waals surface area contributed by atoms with Crippen molar-refractivity contribution in [1.82, 2.24) is 20.1 Å². The largest absolute Gasteiger partial charge is 0.454 e. The molecule has 3 heterocycles. The first-order valence-corrected chi connectivity index (χ1v) is 10.8. The maximum atomic E-state index is 13.3. The summed E-state index contributed by atoms with van der Waals surface area (Å²) in [5.41, 5.74) is 4.17. The number of pyridine rings is 1. The van der Waals surface area contributed by atoms with E-state index in [-0.39, 0.29) is 18.6 Å². The zero-order valence-electron chi connectivity index (χ0n) is 19.0. The Kier molecular flexibility index (Phi) is 5.37. The molecule has 0 saturated heterocycles. The van der Waals surface area contributed by atoms with Gasteiger partial charge in [-0.25, -0.2) is 4.98 Å². The molecule has 0 bridgehead atoms. The van der Waals surface area contributed by atoms with E-state index in [4.69, 9.17) is 9.47 Å². The summed E-state index contributed by atoms with van der Waals surface area (Å²) in [4.78, 5) is 30.8. The molecule has 0 unspecified atom stereocenters. The Bertz CT molecular complexity index is 1440. The maximum absolute atomic E-state index is 13.3. The summed E-state index contributed by atoms with van der Waals surface area (Å²) in [5, 5.41) is 10.9. The van der Waals surface area contributed by atoms with Gasteiger partial charge in [0.05, 0.1) is 27.9 Å². The predicted octanol–water partition coefficient (Wildman–Crippen LogP) is 3.50. The van der Waals surface area contributed by atoms with E-state index < -0.39 is 0 Å². The lowest BCUT2D eigenvalue weighted by Gasteiger charge is -2.13. The number of nitrogens with zero attached hydrogens (tertiary/aromatic N) is 3. The van der Waals surface area contributed by atoms with Crippen molar-refractivity contribution in [2.24, 2.45) is 7.05 Å². The number of benzene rings is 2. The highest BCUT2D eigenvalue weighted by Gasteiger charge is 2.20. The molecule has 0 fully saturated rings. The molecular formula is C25H23N5O4. The van der Waals surface area contributed by atoms with Crippen molar-refractivity contribution in [2.75, 3.05) is 12.1 Å². The summed E-state index contributed by atoms with van der Waals surface area (Å²) in [6.45, 7) is 4.17. The molecule has 1 aliphatic heterocycles. The van der Waals surface area contributed by atoms with E-state index >= 15 is 0 Å². The Labute approximate surface area is 195 Å². The minimum atomic E-state index is -0.331. The van der Waals surface area contributed by atoms with Gasteiger partial charge >= 0.3 is 0 Å². The lowest BCUT2D eigenvalue weighted by Crippen LogP contribution is -2.25. The van der Waals surface area contributed by atoms with Gasteiger partial charge in [0.1, 0.15) is 0 Å². The van der Waals surface area contributed by atoms with Crippen molar-refractivity contribution >= 4 is 28.5 Å². The number of anilines is 1. The topological polar surface area (TPSA) is 107 Å². The van der Waals surface area contributed by atoms with Crippen LogP contribution in [0.5, 0.6) is 11.5 Å². The standard InChI is InChI=1S/C25H23N5O4/c1-14-10-18(22-15(2)29-30(3)23(22)27-14)25(32)28-19-7-5-4-6-17(19)24(31)26-12-16-8-9-20-21(11-16)34-13-33-20/h4-11H,12-13H2,1-3H3,(H,26,31)(H,28,32). The van der Waals surface area contributed by atoms with Gasteiger partial charge in [0.25, 0.3) is 11.8 Å². The number of hydrogen-bond acceptors (Lipinski definition) is 6. The van der Waals surface area contributed by atoms with Gasteiger partial charge in [0, 0.05) is 19.3 Å². The van der Waals surface area contributed by atoms with E-state index in [1.807, 2.05) is 32.0 Å². The van der Waals surface area contributed by atoms with Gasteiger partial charge < -0.3 is 20.1 Å². The number of carbonyl (C=O) groups excluding carboxylic acids is 2. The Morgan fingerprint density at radius 3 is 2.65 bits per heavy atom. The Balaban J connectivity index is 1.37. The summed E-state index contributed by atoms with van der Waals surface area (Å²) in [5.74, 6) is 0.710. The van der Waals surface area contributed by atoms with Crippen LogP contribution in [-0.2, 0) is 13.6 Å². The van der Waals surface area contributed by atoms with E-state index in [1.165, 1.54) is 0 Å². The Hall–Kier alpha value is -4.40. The second-order valence-electron chi connectivity index (χ2n) is 8.09.